The van der Waals surface area contributed by atoms with Crippen LogP contribution >= 0.6 is 15.9 Å². The highest BCUT2D eigenvalue weighted by atomic mass is 79.9. The number of benzene rings is 2. The molecule has 0 heterocycles. The Labute approximate surface area is 131 Å². The van der Waals surface area contributed by atoms with Crippen LogP contribution in [0.25, 0.3) is 0 Å². The van der Waals surface area contributed by atoms with Gasteiger partial charge in [-0.1, -0.05) is 17.3 Å². The van der Waals surface area contributed by atoms with E-state index >= 15 is 0 Å². The summed E-state index contributed by atoms with van der Waals surface area (Å²) in [4.78, 5) is 0. The van der Waals surface area contributed by atoms with Crippen molar-refractivity contribution in [1.29, 1.82) is 0 Å². The minimum absolute atomic E-state index is 0.0457. The first kappa shape index (κ1) is 15.3. The van der Waals surface area contributed by atoms with E-state index in [0.717, 1.165) is 5.56 Å². The summed E-state index contributed by atoms with van der Waals surface area (Å²) >= 11 is 3.41. The summed E-state index contributed by atoms with van der Waals surface area (Å²) in [5.74, 6) is 1.39. The predicted octanol–water partition coefficient (Wildman–Crippen LogP) is 3.48. The molecule has 0 unspecified atom stereocenters. The zero-order valence-electron chi connectivity index (χ0n) is 11.4. The van der Waals surface area contributed by atoms with Gasteiger partial charge in [-0.05, 0) is 51.8 Å². The maximum absolute atomic E-state index is 8.67. The fraction of sp³-hybridized carbons (Fsp3) is 0.133. The fourth-order valence-corrected chi connectivity index (χ4v) is 2.25. The van der Waals surface area contributed by atoms with Gasteiger partial charge in [0.2, 0.25) is 0 Å². The number of hydrogen-bond donors (Lipinski definition) is 2. The zero-order valence-corrected chi connectivity index (χ0v) is 13.0. The molecule has 0 radical (unpaired) electrons. The maximum Gasteiger partial charge on any atom is 0.170 e. The first-order valence-corrected chi connectivity index (χ1v) is 6.96. The highest BCUT2D eigenvalue weighted by Gasteiger charge is 2.07. The van der Waals surface area contributed by atoms with E-state index < -0.39 is 0 Å². The van der Waals surface area contributed by atoms with E-state index in [-0.39, 0.29) is 5.84 Å². The number of rotatable bonds is 5. The van der Waals surface area contributed by atoms with Crippen LogP contribution in [0.4, 0.5) is 0 Å². The van der Waals surface area contributed by atoms with Gasteiger partial charge in [0.1, 0.15) is 11.5 Å². The smallest absolute Gasteiger partial charge is 0.170 e. The Morgan fingerprint density at radius 3 is 2.76 bits per heavy atom. The van der Waals surface area contributed by atoms with Crippen molar-refractivity contribution in [3.63, 3.8) is 0 Å². The van der Waals surface area contributed by atoms with Crippen molar-refractivity contribution in [3.05, 3.63) is 58.1 Å². The normalized spacial score (nSPS) is 11.4. The van der Waals surface area contributed by atoms with Gasteiger partial charge in [-0.15, -0.1) is 0 Å². The van der Waals surface area contributed by atoms with Gasteiger partial charge in [0.05, 0.1) is 11.1 Å². The molecule has 21 heavy (non-hydrogen) atoms. The first-order valence-electron chi connectivity index (χ1n) is 6.17. The molecule has 0 bridgehead atoms. The highest BCUT2D eigenvalue weighted by Crippen LogP contribution is 2.30. The average Bonchev–Trinajstić information content (AvgIpc) is 2.49. The summed E-state index contributed by atoms with van der Waals surface area (Å²) in [6.45, 7) is 0.529. The van der Waals surface area contributed by atoms with E-state index in [2.05, 4.69) is 21.1 Å². The number of oxime groups is 1. The van der Waals surface area contributed by atoms with Crippen LogP contribution in [0.5, 0.6) is 11.5 Å². The van der Waals surface area contributed by atoms with Crippen LogP contribution < -0.4 is 10.5 Å². The Morgan fingerprint density at radius 1 is 1.29 bits per heavy atom. The average molecular weight is 351 g/mol. The third kappa shape index (κ3) is 3.96. The fourth-order valence-electron chi connectivity index (χ4n) is 1.79. The summed E-state index contributed by atoms with van der Waals surface area (Å²) in [6, 6.07) is 12.8. The molecular formula is C15H15BrN2O3. The van der Waals surface area contributed by atoms with Crippen molar-refractivity contribution < 1.29 is 14.7 Å². The Bertz CT molecular complexity index is 659. The van der Waals surface area contributed by atoms with Crippen molar-refractivity contribution >= 4 is 21.8 Å². The van der Waals surface area contributed by atoms with E-state index in [4.69, 9.17) is 20.4 Å². The molecule has 2 aromatic carbocycles. The molecule has 0 fully saturated rings. The summed E-state index contributed by atoms with van der Waals surface area (Å²) in [5.41, 5.74) is 7.17. The zero-order chi connectivity index (χ0) is 15.2. The molecule has 0 aliphatic carbocycles. The molecule has 6 heteroatoms. The molecule has 0 aromatic heterocycles. The van der Waals surface area contributed by atoms with Gasteiger partial charge >= 0.3 is 0 Å². The van der Waals surface area contributed by atoms with Crippen molar-refractivity contribution in [2.24, 2.45) is 10.9 Å². The lowest BCUT2D eigenvalue weighted by Gasteiger charge is -2.10. The molecule has 0 saturated carbocycles. The van der Waals surface area contributed by atoms with Crippen LogP contribution in [0.3, 0.4) is 0 Å². The largest absolute Gasteiger partial charge is 0.456 e. The van der Waals surface area contributed by atoms with E-state index in [1.165, 1.54) is 0 Å². The number of nitrogens with zero attached hydrogens (tertiary/aromatic N) is 1. The van der Waals surface area contributed by atoms with Crippen LogP contribution in [0, 0.1) is 0 Å². The number of methoxy groups -OCH3 is 1. The Hall–Kier alpha value is -2.05. The van der Waals surface area contributed by atoms with Gasteiger partial charge in [0.15, 0.2) is 5.84 Å². The molecule has 3 N–H and O–H groups in total. The molecule has 0 saturated heterocycles. The van der Waals surface area contributed by atoms with Crippen molar-refractivity contribution in [1.82, 2.24) is 0 Å². The Morgan fingerprint density at radius 2 is 2.10 bits per heavy atom. The highest BCUT2D eigenvalue weighted by molar-refractivity contribution is 9.10. The molecule has 5 nitrogen and oxygen atoms in total. The molecular weight excluding hydrogens is 336 g/mol. The van der Waals surface area contributed by atoms with Gasteiger partial charge < -0.3 is 20.4 Å². The van der Waals surface area contributed by atoms with E-state index in [0.29, 0.717) is 28.1 Å². The van der Waals surface area contributed by atoms with Crippen molar-refractivity contribution in [2.45, 2.75) is 6.61 Å². The molecule has 110 valence electrons. The molecule has 0 amide bonds. The molecule has 0 spiro atoms. The first-order chi connectivity index (χ1) is 10.1. The van der Waals surface area contributed by atoms with Crippen molar-refractivity contribution in [2.75, 3.05) is 7.11 Å². The van der Waals surface area contributed by atoms with Crippen LogP contribution in [0.15, 0.2) is 52.1 Å². The quantitative estimate of drug-likeness (QED) is 0.374. The SMILES string of the molecule is COCc1cccc(Oc2ccc(/C(N)=N/O)cc2Br)c1. The molecule has 0 aliphatic heterocycles. The van der Waals surface area contributed by atoms with Gasteiger partial charge in [-0.2, -0.15) is 0 Å². The van der Waals surface area contributed by atoms with E-state index in [1.807, 2.05) is 24.3 Å². The lowest BCUT2D eigenvalue weighted by atomic mass is 10.2. The van der Waals surface area contributed by atoms with Crippen LogP contribution in [-0.2, 0) is 11.3 Å². The molecule has 0 aliphatic rings. The minimum Gasteiger partial charge on any atom is -0.456 e. The standard InChI is InChI=1S/C15H15BrN2O3/c1-20-9-10-3-2-4-12(7-10)21-14-6-5-11(8-13(14)16)15(17)18-19/h2-8,19H,9H2,1H3,(H2,17,18). The summed E-state index contributed by atoms with van der Waals surface area (Å²) in [7, 11) is 1.65. The molecule has 2 aromatic rings. The second-order valence-corrected chi connectivity index (χ2v) is 5.17. The third-order valence-corrected chi connectivity index (χ3v) is 3.39. The van der Waals surface area contributed by atoms with E-state index in [1.54, 1.807) is 25.3 Å². The predicted molar refractivity (Wildman–Crippen MR) is 83.9 cm³/mol. The number of amidine groups is 1. The Balaban J connectivity index is 2.22. The third-order valence-electron chi connectivity index (χ3n) is 2.77. The van der Waals surface area contributed by atoms with Gasteiger partial charge in [-0.25, -0.2) is 0 Å². The molecule has 0 atom stereocenters. The topological polar surface area (TPSA) is 77.1 Å². The maximum atomic E-state index is 8.67. The molecule has 2 rings (SSSR count). The lowest BCUT2D eigenvalue weighted by Crippen LogP contribution is -2.12. The van der Waals surface area contributed by atoms with Crippen LogP contribution in [0.2, 0.25) is 0 Å². The van der Waals surface area contributed by atoms with Crippen LogP contribution in [0.1, 0.15) is 11.1 Å². The van der Waals surface area contributed by atoms with E-state index in [9.17, 15) is 0 Å². The Kier molecular flexibility index (Phi) is 5.19. The number of halogens is 1. The summed E-state index contributed by atoms with van der Waals surface area (Å²) in [6.07, 6.45) is 0. The van der Waals surface area contributed by atoms with Crippen molar-refractivity contribution in [3.8, 4) is 11.5 Å². The van der Waals surface area contributed by atoms with Gasteiger partial charge in [0.25, 0.3) is 0 Å². The monoisotopic (exact) mass is 350 g/mol. The lowest BCUT2D eigenvalue weighted by molar-refractivity contribution is 0.184. The minimum atomic E-state index is 0.0457. The van der Waals surface area contributed by atoms with Gasteiger partial charge in [-0.3, -0.25) is 0 Å². The number of nitrogens with two attached hydrogens (primary N) is 1. The summed E-state index contributed by atoms with van der Waals surface area (Å²) < 4.78 is 11.6. The van der Waals surface area contributed by atoms with Gasteiger partial charge in [0, 0.05) is 12.7 Å². The summed E-state index contributed by atoms with van der Waals surface area (Å²) in [5, 5.41) is 11.6. The number of ether oxygens (including phenoxy) is 2. The number of hydrogen-bond acceptors (Lipinski definition) is 4. The second kappa shape index (κ2) is 7.10. The van der Waals surface area contributed by atoms with Crippen LogP contribution in [-0.4, -0.2) is 18.2 Å². The second-order valence-electron chi connectivity index (χ2n) is 4.31.